The van der Waals surface area contributed by atoms with Gasteiger partial charge in [-0.25, -0.2) is 0 Å². The number of carbonyl (C=O) groups excluding carboxylic acids is 1. The van der Waals surface area contributed by atoms with Crippen molar-refractivity contribution in [2.24, 2.45) is 0 Å². The summed E-state index contributed by atoms with van der Waals surface area (Å²) in [5.74, 6) is 0.190. The third-order valence-corrected chi connectivity index (χ3v) is 6.67. The lowest BCUT2D eigenvalue weighted by atomic mass is 10.0. The van der Waals surface area contributed by atoms with E-state index in [0.29, 0.717) is 32.8 Å². The third-order valence-electron chi connectivity index (χ3n) is 6.04. The second-order valence-corrected chi connectivity index (χ2v) is 9.67. The summed E-state index contributed by atoms with van der Waals surface area (Å²) in [5.41, 5.74) is 3.85. The maximum atomic E-state index is 11.1. The number of aromatic carboxylic acids is 1. The second kappa shape index (κ2) is 10.2. The highest BCUT2D eigenvalue weighted by Crippen LogP contribution is 2.39. The third kappa shape index (κ3) is 5.03. The zero-order chi connectivity index (χ0) is 26.1. The lowest BCUT2D eigenvalue weighted by molar-refractivity contribution is -0.255. The molecule has 0 radical (unpaired) electrons. The van der Waals surface area contributed by atoms with Crippen LogP contribution in [0.2, 0.25) is 10.0 Å². The quantitative estimate of drug-likeness (QED) is 0.226. The van der Waals surface area contributed by atoms with Gasteiger partial charge in [-0.3, -0.25) is 4.98 Å². The molecule has 0 fully saturated rings. The van der Waals surface area contributed by atoms with Gasteiger partial charge in [0.15, 0.2) is 0 Å². The molecule has 2 heterocycles. The first-order valence-electron chi connectivity index (χ1n) is 11.6. The van der Waals surface area contributed by atoms with Crippen molar-refractivity contribution in [3.8, 4) is 28.1 Å². The number of hydrogen-bond donors (Lipinski definition) is 0. The number of carbonyl (C=O) groups is 1. The molecule has 5 aromatic rings. The first kappa shape index (κ1) is 24.8. The van der Waals surface area contributed by atoms with E-state index in [-0.39, 0.29) is 18.2 Å². The number of carboxylic acids is 1. The molecule has 0 aliphatic heterocycles. The summed E-state index contributed by atoms with van der Waals surface area (Å²) in [4.78, 5) is 15.0. The van der Waals surface area contributed by atoms with Crippen LogP contribution in [-0.2, 0) is 6.61 Å². The average molecular weight is 532 g/mol. The summed E-state index contributed by atoms with van der Waals surface area (Å²) >= 11 is 12.9. The van der Waals surface area contributed by atoms with E-state index in [0.717, 1.165) is 27.5 Å². The van der Waals surface area contributed by atoms with Crippen LogP contribution in [0, 0.1) is 0 Å². The molecule has 186 valence electrons. The smallest absolute Gasteiger partial charge is 0.146 e. The van der Waals surface area contributed by atoms with E-state index in [4.69, 9.17) is 32.5 Å². The summed E-state index contributed by atoms with van der Waals surface area (Å²) in [6, 6.07) is 20.3. The Morgan fingerprint density at radius 1 is 0.973 bits per heavy atom. The molecule has 0 bridgehead atoms. The van der Waals surface area contributed by atoms with Crippen LogP contribution in [0.1, 0.15) is 41.6 Å². The second-order valence-electron chi connectivity index (χ2n) is 8.86. The fourth-order valence-electron chi connectivity index (χ4n) is 4.17. The molecule has 37 heavy (non-hydrogen) atoms. The molecular weight excluding hydrogens is 511 g/mol. The number of benzene rings is 3. The van der Waals surface area contributed by atoms with Gasteiger partial charge < -0.3 is 19.2 Å². The summed E-state index contributed by atoms with van der Waals surface area (Å²) < 4.78 is 11.8. The van der Waals surface area contributed by atoms with E-state index in [2.05, 4.69) is 10.1 Å². The van der Waals surface area contributed by atoms with Crippen molar-refractivity contribution in [1.82, 2.24) is 10.1 Å². The maximum absolute atomic E-state index is 11.1. The molecule has 8 heteroatoms. The van der Waals surface area contributed by atoms with Crippen molar-refractivity contribution in [3.63, 3.8) is 0 Å². The Kier molecular flexibility index (Phi) is 6.87. The number of aromatic nitrogens is 2. The predicted octanol–water partition coefficient (Wildman–Crippen LogP) is 6.93. The summed E-state index contributed by atoms with van der Waals surface area (Å²) in [7, 11) is 0. The SMILES string of the molecule is CC(C)c1onc(-c2c(Cl)cccc2Cl)c1COc1ccc(-c2ccc3cc(C(=O)[O-])ncc3c2)cc1. The molecule has 0 unspecified atom stereocenters. The Balaban J connectivity index is 1.38. The number of halogens is 2. The van der Waals surface area contributed by atoms with Crippen molar-refractivity contribution in [1.29, 1.82) is 0 Å². The van der Waals surface area contributed by atoms with Crippen molar-refractivity contribution in [2.45, 2.75) is 26.4 Å². The van der Waals surface area contributed by atoms with Crippen molar-refractivity contribution < 1.29 is 19.2 Å². The normalized spacial score (nSPS) is 11.3. The summed E-state index contributed by atoms with van der Waals surface area (Å²) in [6.45, 7) is 4.28. The van der Waals surface area contributed by atoms with Gasteiger partial charge in [0.1, 0.15) is 23.8 Å². The molecule has 6 nitrogen and oxygen atoms in total. The number of ether oxygens (including phenoxy) is 1. The van der Waals surface area contributed by atoms with Crippen LogP contribution in [-0.4, -0.2) is 16.1 Å². The van der Waals surface area contributed by atoms with Crippen LogP contribution in [0.25, 0.3) is 33.2 Å². The Labute approximate surface area is 223 Å². The van der Waals surface area contributed by atoms with Gasteiger partial charge in [0, 0.05) is 23.1 Å². The zero-order valence-corrected chi connectivity index (χ0v) is 21.5. The molecule has 0 N–H and O–H groups in total. The molecule has 0 aliphatic rings. The van der Waals surface area contributed by atoms with Gasteiger partial charge in [0.2, 0.25) is 0 Å². The van der Waals surface area contributed by atoms with Gasteiger partial charge >= 0.3 is 0 Å². The highest BCUT2D eigenvalue weighted by Gasteiger charge is 2.23. The molecule has 0 amide bonds. The van der Waals surface area contributed by atoms with Crippen LogP contribution in [0.15, 0.2) is 77.4 Å². The van der Waals surface area contributed by atoms with Gasteiger partial charge in [-0.1, -0.05) is 72.5 Å². The Bertz CT molecular complexity index is 1590. The minimum atomic E-state index is -1.30. The number of nitrogens with zero attached hydrogens (tertiary/aromatic N) is 2. The Morgan fingerprint density at radius 2 is 1.68 bits per heavy atom. The Morgan fingerprint density at radius 3 is 2.35 bits per heavy atom. The van der Waals surface area contributed by atoms with Crippen molar-refractivity contribution >= 4 is 39.9 Å². The minimum Gasteiger partial charge on any atom is -0.543 e. The molecule has 3 aromatic carbocycles. The molecule has 0 saturated carbocycles. The molecule has 2 aromatic heterocycles. The lowest BCUT2D eigenvalue weighted by Gasteiger charge is -2.11. The molecule has 0 saturated heterocycles. The fourth-order valence-corrected chi connectivity index (χ4v) is 4.74. The van der Waals surface area contributed by atoms with E-state index in [1.54, 1.807) is 18.2 Å². The molecule has 5 rings (SSSR count). The van der Waals surface area contributed by atoms with Gasteiger partial charge in [0.25, 0.3) is 0 Å². The average Bonchev–Trinajstić information content (AvgIpc) is 3.31. The standard InChI is InChI=1S/C29H22Cl2N2O4/c1-16(2)28-22(27(33-37-28)26-23(30)4-3-5-24(26)31)15-36-21-10-8-17(9-11-21)18-6-7-19-13-25(29(34)35)32-14-20(19)12-18/h3-14,16H,15H2,1-2H3,(H,34,35)/p-1. The molecular formula is C29H21Cl2N2O4-. The topological polar surface area (TPSA) is 88.3 Å². The molecule has 0 spiro atoms. The van der Waals surface area contributed by atoms with Gasteiger partial charge in [-0.05, 0) is 52.9 Å². The molecule has 0 aliphatic carbocycles. The van der Waals surface area contributed by atoms with Crippen LogP contribution >= 0.6 is 23.2 Å². The first-order chi connectivity index (χ1) is 17.8. The summed E-state index contributed by atoms with van der Waals surface area (Å²) in [6.07, 6.45) is 1.54. The van der Waals surface area contributed by atoms with Crippen LogP contribution in [0.4, 0.5) is 0 Å². The fraction of sp³-hybridized carbons (Fsp3) is 0.138. The zero-order valence-electron chi connectivity index (χ0n) is 20.0. The monoisotopic (exact) mass is 531 g/mol. The highest BCUT2D eigenvalue weighted by atomic mass is 35.5. The minimum absolute atomic E-state index is 0.0878. The number of rotatable bonds is 7. The van der Waals surface area contributed by atoms with Crippen LogP contribution < -0.4 is 9.84 Å². The van der Waals surface area contributed by atoms with Crippen molar-refractivity contribution in [2.75, 3.05) is 0 Å². The van der Waals surface area contributed by atoms with E-state index in [1.165, 1.54) is 12.3 Å². The van der Waals surface area contributed by atoms with E-state index in [9.17, 15) is 9.90 Å². The van der Waals surface area contributed by atoms with Crippen LogP contribution in [0.3, 0.4) is 0 Å². The largest absolute Gasteiger partial charge is 0.543 e. The lowest BCUT2D eigenvalue weighted by Crippen LogP contribution is -2.23. The molecule has 0 atom stereocenters. The van der Waals surface area contributed by atoms with Gasteiger partial charge in [-0.2, -0.15) is 0 Å². The number of pyridine rings is 1. The number of fused-ring (bicyclic) bond motifs is 1. The van der Waals surface area contributed by atoms with Crippen LogP contribution in [0.5, 0.6) is 5.75 Å². The highest BCUT2D eigenvalue weighted by molar-refractivity contribution is 6.39. The first-order valence-corrected chi connectivity index (χ1v) is 12.3. The van der Waals surface area contributed by atoms with Crippen molar-refractivity contribution in [3.05, 3.63) is 100.0 Å². The summed E-state index contributed by atoms with van der Waals surface area (Å²) in [5, 5.41) is 17.9. The van der Waals surface area contributed by atoms with Gasteiger partial charge in [-0.15, -0.1) is 0 Å². The number of carboxylic acid groups (broad SMARTS) is 1. The number of hydrogen-bond acceptors (Lipinski definition) is 6. The predicted molar refractivity (Wildman–Crippen MR) is 142 cm³/mol. The van der Waals surface area contributed by atoms with E-state index < -0.39 is 5.97 Å². The maximum Gasteiger partial charge on any atom is 0.146 e. The van der Waals surface area contributed by atoms with E-state index in [1.807, 2.05) is 56.3 Å². The van der Waals surface area contributed by atoms with Gasteiger partial charge in [0.05, 0.1) is 27.3 Å². The Hall–Kier alpha value is -3.87. The van der Waals surface area contributed by atoms with E-state index >= 15 is 0 Å².